The second kappa shape index (κ2) is 6.84. The Morgan fingerprint density at radius 1 is 1.07 bits per heavy atom. The SMILES string of the molecule is CCCN(c1ccccc1C(=O)O)S(=O)(=O)c1ccc2c(c1)C(=O)NC2=O. The van der Waals surface area contributed by atoms with Crippen LogP contribution in [0.3, 0.4) is 0 Å². The second-order valence-electron chi connectivity index (χ2n) is 5.89. The van der Waals surface area contributed by atoms with Crippen LogP contribution in [0, 0.1) is 0 Å². The summed E-state index contributed by atoms with van der Waals surface area (Å²) >= 11 is 0. The molecule has 2 aromatic rings. The average Bonchev–Trinajstić information content (AvgIpc) is 2.93. The van der Waals surface area contributed by atoms with Crippen LogP contribution in [0.5, 0.6) is 0 Å². The van der Waals surface area contributed by atoms with Crippen LogP contribution < -0.4 is 9.62 Å². The number of imide groups is 1. The predicted molar refractivity (Wildman–Crippen MR) is 96.5 cm³/mol. The van der Waals surface area contributed by atoms with E-state index in [2.05, 4.69) is 5.32 Å². The number of aromatic carboxylic acids is 1. The Morgan fingerprint density at radius 2 is 1.74 bits per heavy atom. The Morgan fingerprint density at radius 3 is 2.41 bits per heavy atom. The maximum atomic E-state index is 13.2. The number of para-hydroxylation sites is 1. The minimum Gasteiger partial charge on any atom is -0.478 e. The number of nitrogens with zero attached hydrogens (tertiary/aromatic N) is 1. The Kier molecular flexibility index (Phi) is 4.71. The first kappa shape index (κ1) is 18.6. The summed E-state index contributed by atoms with van der Waals surface area (Å²) in [5.41, 5.74) is -0.0348. The molecule has 0 saturated heterocycles. The van der Waals surface area contributed by atoms with Crippen molar-refractivity contribution in [3.63, 3.8) is 0 Å². The molecule has 1 heterocycles. The van der Waals surface area contributed by atoms with Gasteiger partial charge in [0.25, 0.3) is 21.8 Å². The van der Waals surface area contributed by atoms with Gasteiger partial charge in [-0.3, -0.25) is 19.2 Å². The van der Waals surface area contributed by atoms with Crippen molar-refractivity contribution >= 4 is 33.5 Å². The van der Waals surface area contributed by atoms with Crippen LogP contribution in [0.1, 0.15) is 44.4 Å². The summed E-state index contributed by atoms with van der Waals surface area (Å²) in [5, 5.41) is 11.5. The number of carboxylic acid groups (broad SMARTS) is 1. The molecule has 0 atom stereocenters. The zero-order valence-corrected chi connectivity index (χ0v) is 15.1. The number of carbonyl (C=O) groups is 3. The minimum atomic E-state index is -4.16. The van der Waals surface area contributed by atoms with Crippen molar-refractivity contribution in [2.45, 2.75) is 18.2 Å². The Bertz CT molecular complexity index is 1060. The van der Waals surface area contributed by atoms with Crippen molar-refractivity contribution in [3.8, 4) is 0 Å². The monoisotopic (exact) mass is 388 g/mol. The zero-order valence-electron chi connectivity index (χ0n) is 14.3. The molecule has 8 nitrogen and oxygen atoms in total. The van der Waals surface area contributed by atoms with E-state index >= 15 is 0 Å². The smallest absolute Gasteiger partial charge is 0.337 e. The van der Waals surface area contributed by atoms with Gasteiger partial charge in [-0.15, -0.1) is 0 Å². The topological polar surface area (TPSA) is 121 Å². The number of amides is 2. The van der Waals surface area contributed by atoms with Gasteiger partial charge in [-0.05, 0) is 36.8 Å². The molecule has 2 N–H and O–H groups in total. The molecule has 0 unspecified atom stereocenters. The van der Waals surface area contributed by atoms with Gasteiger partial charge < -0.3 is 5.11 Å². The average molecular weight is 388 g/mol. The molecule has 3 rings (SSSR count). The highest BCUT2D eigenvalue weighted by molar-refractivity contribution is 7.92. The minimum absolute atomic E-state index is 0.0240. The fourth-order valence-corrected chi connectivity index (χ4v) is 4.48. The molecule has 140 valence electrons. The summed E-state index contributed by atoms with van der Waals surface area (Å²) in [4.78, 5) is 34.8. The van der Waals surface area contributed by atoms with Crippen molar-refractivity contribution in [1.29, 1.82) is 0 Å². The second-order valence-corrected chi connectivity index (χ2v) is 7.75. The predicted octanol–water partition coefficient (Wildman–Crippen LogP) is 1.87. The van der Waals surface area contributed by atoms with Gasteiger partial charge in [0.2, 0.25) is 0 Å². The summed E-state index contributed by atoms with van der Waals surface area (Å²) in [5.74, 6) is -2.50. The first-order valence-corrected chi connectivity index (χ1v) is 9.56. The van der Waals surface area contributed by atoms with Crippen LogP contribution in [0.2, 0.25) is 0 Å². The lowest BCUT2D eigenvalue weighted by atomic mass is 10.1. The molecule has 0 aliphatic carbocycles. The van der Waals surface area contributed by atoms with Gasteiger partial charge in [-0.2, -0.15) is 0 Å². The van der Waals surface area contributed by atoms with Gasteiger partial charge in [0.1, 0.15) is 0 Å². The third kappa shape index (κ3) is 3.17. The summed E-state index contributed by atoms with van der Waals surface area (Å²) < 4.78 is 27.4. The normalized spacial score (nSPS) is 13.2. The van der Waals surface area contributed by atoms with E-state index in [0.29, 0.717) is 6.42 Å². The third-order valence-electron chi connectivity index (χ3n) is 4.13. The lowest BCUT2D eigenvalue weighted by Crippen LogP contribution is -2.33. The summed E-state index contributed by atoms with van der Waals surface area (Å²) in [6, 6.07) is 9.44. The van der Waals surface area contributed by atoms with E-state index in [4.69, 9.17) is 0 Å². The molecule has 0 fully saturated rings. The number of benzene rings is 2. The lowest BCUT2D eigenvalue weighted by molar-refractivity contribution is 0.0697. The molecular formula is C18H16N2O6S. The highest BCUT2D eigenvalue weighted by atomic mass is 32.2. The molecule has 2 aromatic carbocycles. The molecule has 0 bridgehead atoms. The molecule has 1 aliphatic heterocycles. The largest absolute Gasteiger partial charge is 0.478 e. The first-order chi connectivity index (χ1) is 12.8. The highest BCUT2D eigenvalue weighted by Gasteiger charge is 2.32. The standard InChI is InChI=1S/C18H16N2O6S/c1-2-9-20(15-6-4-3-5-13(15)18(23)24)27(25,26)11-7-8-12-14(10-11)17(22)19-16(12)21/h3-8,10H,2,9H2,1H3,(H,23,24)(H,19,21,22). The van der Waals surface area contributed by atoms with E-state index in [1.807, 2.05) is 0 Å². The number of carbonyl (C=O) groups excluding carboxylic acids is 2. The molecule has 0 radical (unpaired) electrons. The number of hydrogen-bond donors (Lipinski definition) is 2. The van der Waals surface area contributed by atoms with E-state index in [1.54, 1.807) is 13.0 Å². The Labute approximate surface area is 155 Å². The maximum Gasteiger partial charge on any atom is 0.337 e. The molecule has 0 aromatic heterocycles. The van der Waals surface area contributed by atoms with Crippen molar-refractivity contribution in [1.82, 2.24) is 5.32 Å². The van der Waals surface area contributed by atoms with Crippen molar-refractivity contribution in [3.05, 3.63) is 59.2 Å². The van der Waals surface area contributed by atoms with Gasteiger partial charge in [0.05, 0.1) is 27.3 Å². The lowest BCUT2D eigenvalue weighted by Gasteiger charge is -2.25. The van der Waals surface area contributed by atoms with E-state index in [1.165, 1.54) is 30.3 Å². The van der Waals surface area contributed by atoms with Gasteiger partial charge in [0.15, 0.2) is 0 Å². The Balaban J connectivity index is 2.14. The number of carboxylic acids is 1. The number of fused-ring (bicyclic) bond motifs is 1. The molecule has 27 heavy (non-hydrogen) atoms. The maximum absolute atomic E-state index is 13.2. The van der Waals surface area contributed by atoms with Gasteiger partial charge >= 0.3 is 5.97 Å². The van der Waals surface area contributed by atoms with Gasteiger partial charge in [0, 0.05) is 6.54 Å². The third-order valence-corrected chi connectivity index (χ3v) is 5.93. The molecule has 2 amide bonds. The first-order valence-electron chi connectivity index (χ1n) is 8.12. The summed E-state index contributed by atoms with van der Waals surface area (Å²) in [6.45, 7) is 1.82. The zero-order chi connectivity index (χ0) is 19.8. The van der Waals surface area contributed by atoms with Crippen LogP contribution in [0.25, 0.3) is 0 Å². The van der Waals surface area contributed by atoms with Gasteiger partial charge in [-0.25, -0.2) is 13.2 Å². The number of rotatable bonds is 6. The van der Waals surface area contributed by atoms with Crippen LogP contribution in [0.15, 0.2) is 47.4 Å². The molecule has 0 spiro atoms. The van der Waals surface area contributed by atoms with E-state index < -0.39 is 27.8 Å². The fraction of sp³-hybridized carbons (Fsp3) is 0.167. The van der Waals surface area contributed by atoms with Crippen molar-refractivity contribution in [2.24, 2.45) is 0 Å². The number of anilines is 1. The number of hydrogen-bond acceptors (Lipinski definition) is 5. The van der Waals surface area contributed by atoms with Crippen LogP contribution in [-0.2, 0) is 10.0 Å². The van der Waals surface area contributed by atoms with Crippen LogP contribution >= 0.6 is 0 Å². The highest BCUT2D eigenvalue weighted by Crippen LogP contribution is 2.29. The van der Waals surface area contributed by atoms with Crippen LogP contribution in [0.4, 0.5) is 5.69 Å². The van der Waals surface area contributed by atoms with Crippen molar-refractivity contribution in [2.75, 3.05) is 10.8 Å². The van der Waals surface area contributed by atoms with Crippen molar-refractivity contribution < 1.29 is 27.9 Å². The fourth-order valence-electron chi connectivity index (χ4n) is 2.88. The molecule has 1 aliphatic rings. The Hall–Kier alpha value is -3.20. The summed E-state index contributed by atoms with van der Waals surface area (Å²) in [7, 11) is -4.16. The molecular weight excluding hydrogens is 372 g/mol. The number of nitrogens with one attached hydrogen (secondary N) is 1. The van der Waals surface area contributed by atoms with E-state index in [-0.39, 0.29) is 33.8 Å². The van der Waals surface area contributed by atoms with Crippen LogP contribution in [-0.4, -0.2) is 37.9 Å². The quantitative estimate of drug-likeness (QED) is 0.729. The number of sulfonamides is 1. The van der Waals surface area contributed by atoms with E-state index in [9.17, 15) is 27.9 Å². The molecule has 9 heteroatoms. The van der Waals surface area contributed by atoms with E-state index in [0.717, 1.165) is 10.4 Å². The van der Waals surface area contributed by atoms with Gasteiger partial charge in [-0.1, -0.05) is 19.1 Å². The summed E-state index contributed by atoms with van der Waals surface area (Å²) in [6.07, 6.45) is 0.442. The molecule has 0 saturated carbocycles.